The van der Waals surface area contributed by atoms with E-state index in [4.69, 9.17) is 9.47 Å². The van der Waals surface area contributed by atoms with E-state index in [1.807, 2.05) is 4.72 Å². The molecule has 0 bridgehead atoms. The topological polar surface area (TPSA) is 124 Å². The van der Waals surface area contributed by atoms with Crippen molar-refractivity contribution in [2.24, 2.45) is 0 Å². The van der Waals surface area contributed by atoms with E-state index in [9.17, 15) is 34.8 Å². The minimum absolute atomic E-state index is 0.0360. The van der Waals surface area contributed by atoms with Gasteiger partial charge in [0.15, 0.2) is 33.9 Å². The maximum atomic E-state index is 14.2. The van der Waals surface area contributed by atoms with Crippen LogP contribution in [0.4, 0.5) is 43.8 Å². The second-order valence-electron chi connectivity index (χ2n) is 7.73. The van der Waals surface area contributed by atoms with Crippen molar-refractivity contribution >= 4 is 27.5 Å². The van der Waals surface area contributed by atoms with Crippen LogP contribution in [0.3, 0.4) is 0 Å². The van der Waals surface area contributed by atoms with E-state index in [-0.39, 0.29) is 24.7 Å². The number of ether oxygens (including phenoxy) is 3. The van der Waals surface area contributed by atoms with Crippen molar-refractivity contribution in [3.8, 4) is 11.5 Å². The molecular formula is C23H23F6N5O5S. The predicted octanol–water partition coefficient (Wildman–Crippen LogP) is 4.03. The lowest BCUT2D eigenvalue weighted by Gasteiger charge is -2.14. The molecule has 0 atom stereocenters. The van der Waals surface area contributed by atoms with Crippen molar-refractivity contribution in [2.75, 3.05) is 50.9 Å². The summed E-state index contributed by atoms with van der Waals surface area (Å²) in [6, 6.07) is 6.74. The minimum Gasteiger partial charge on any atom is -0.491 e. The van der Waals surface area contributed by atoms with Crippen LogP contribution in [-0.2, 0) is 14.8 Å². The van der Waals surface area contributed by atoms with E-state index in [2.05, 4.69) is 25.3 Å². The molecule has 0 saturated heterocycles. The molecule has 0 radical (unpaired) electrons. The number of sulfonamides is 1. The van der Waals surface area contributed by atoms with Crippen LogP contribution in [0, 0.1) is 29.1 Å². The third-order valence-corrected chi connectivity index (χ3v) is 6.49. The van der Waals surface area contributed by atoms with Gasteiger partial charge in [-0.25, -0.2) is 40.1 Å². The van der Waals surface area contributed by atoms with Gasteiger partial charge in [0.2, 0.25) is 34.5 Å². The van der Waals surface area contributed by atoms with Crippen LogP contribution in [0.25, 0.3) is 0 Å². The highest BCUT2D eigenvalue weighted by Gasteiger charge is 2.34. The molecule has 0 aliphatic rings. The Morgan fingerprint density at radius 1 is 0.900 bits per heavy atom. The Morgan fingerprint density at radius 2 is 1.60 bits per heavy atom. The summed E-state index contributed by atoms with van der Waals surface area (Å²) in [4.78, 5) is 6.11. The molecule has 2 aromatic carbocycles. The quantitative estimate of drug-likeness (QED) is 0.103. The summed E-state index contributed by atoms with van der Waals surface area (Å²) in [5.41, 5.74) is 0.572. The molecule has 0 spiro atoms. The molecule has 0 saturated carbocycles. The Morgan fingerprint density at radius 3 is 2.27 bits per heavy atom. The third-order valence-electron chi connectivity index (χ3n) is 5.00. The molecule has 0 amide bonds. The Bertz CT molecular complexity index is 1420. The Balaban J connectivity index is 1.58. The maximum Gasteiger partial charge on any atom is 0.247 e. The molecule has 10 nitrogen and oxygen atoms in total. The highest BCUT2D eigenvalue weighted by molar-refractivity contribution is 7.89. The minimum atomic E-state index is -5.03. The van der Waals surface area contributed by atoms with Gasteiger partial charge in [0.1, 0.15) is 12.4 Å². The Labute approximate surface area is 224 Å². The number of methoxy groups -OCH3 is 1. The number of nitrogens with one attached hydrogen (secondary N) is 3. The molecule has 0 aliphatic heterocycles. The van der Waals surface area contributed by atoms with Gasteiger partial charge in [-0.3, -0.25) is 0 Å². The van der Waals surface area contributed by atoms with Gasteiger partial charge in [0.25, 0.3) is 0 Å². The van der Waals surface area contributed by atoms with Crippen LogP contribution in [0.1, 0.15) is 6.42 Å². The number of benzene rings is 2. The number of alkyl halides is 1. The van der Waals surface area contributed by atoms with Crippen molar-refractivity contribution in [2.45, 2.75) is 11.3 Å². The molecule has 3 aromatic rings. The molecule has 17 heteroatoms. The predicted molar refractivity (Wildman–Crippen MR) is 130 cm³/mol. The number of hydrogen-bond acceptors (Lipinski definition) is 9. The second kappa shape index (κ2) is 14.0. The maximum absolute atomic E-state index is 14.2. The summed E-state index contributed by atoms with van der Waals surface area (Å²) in [5, 5.41) is 5.50. The molecule has 1 aromatic heterocycles. The summed E-state index contributed by atoms with van der Waals surface area (Å²) in [6.45, 7) is -1.58. The zero-order valence-corrected chi connectivity index (χ0v) is 21.6. The molecule has 0 fully saturated rings. The normalized spacial score (nSPS) is 11.4. The van der Waals surface area contributed by atoms with Crippen LogP contribution in [0.15, 0.2) is 35.4 Å². The number of aromatic nitrogens is 2. The fourth-order valence-electron chi connectivity index (χ4n) is 3.15. The lowest BCUT2D eigenvalue weighted by atomic mass is 10.3. The summed E-state index contributed by atoms with van der Waals surface area (Å²) >= 11 is 0. The van der Waals surface area contributed by atoms with Gasteiger partial charge in [-0.2, -0.15) is 9.37 Å². The fraction of sp³-hybridized carbons (Fsp3) is 0.304. The van der Waals surface area contributed by atoms with E-state index in [1.54, 1.807) is 31.4 Å². The van der Waals surface area contributed by atoms with Crippen molar-refractivity contribution in [3.63, 3.8) is 0 Å². The fourth-order valence-corrected chi connectivity index (χ4v) is 4.42. The highest BCUT2D eigenvalue weighted by Crippen LogP contribution is 2.34. The van der Waals surface area contributed by atoms with E-state index in [0.29, 0.717) is 24.7 Å². The monoisotopic (exact) mass is 595 g/mol. The molecule has 218 valence electrons. The van der Waals surface area contributed by atoms with Gasteiger partial charge < -0.3 is 24.8 Å². The molecule has 1 heterocycles. The molecule has 0 aliphatic carbocycles. The van der Waals surface area contributed by atoms with Crippen LogP contribution in [0.2, 0.25) is 0 Å². The molecule has 40 heavy (non-hydrogen) atoms. The highest BCUT2D eigenvalue weighted by atomic mass is 32.2. The SMILES string of the molecule is COCCOc1ccc(Nc2ncc(F)c(NCCCNS(=O)(=O)c3c(F)c(F)c(F)c(F)c3OCF)n2)cc1. The molecule has 3 rings (SSSR count). The van der Waals surface area contributed by atoms with E-state index in [0.717, 1.165) is 6.20 Å². The third kappa shape index (κ3) is 7.64. The number of nitrogens with zero attached hydrogens (tertiary/aromatic N) is 2. The average Bonchev–Trinajstić information content (AvgIpc) is 2.93. The molecular weight excluding hydrogens is 572 g/mol. The standard InChI is InChI=1S/C23H23F6N5O5S/c1-37-9-10-38-14-5-3-13(4-6-14)33-23-31-11-15(25)22(34-23)30-7-2-8-32-40(35,36)21-19(29)17(27)16(26)18(28)20(21)39-12-24/h3-6,11,32H,2,7-10,12H2,1H3,(H2,30,31,33,34). The average molecular weight is 596 g/mol. The summed E-state index contributed by atoms with van der Waals surface area (Å²) in [7, 11) is -3.47. The summed E-state index contributed by atoms with van der Waals surface area (Å²) in [5.74, 6) is -11.3. The van der Waals surface area contributed by atoms with Gasteiger partial charge in [0, 0.05) is 25.9 Å². The Hall–Kier alpha value is -3.83. The lowest BCUT2D eigenvalue weighted by Crippen LogP contribution is -2.28. The zero-order valence-electron chi connectivity index (χ0n) is 20.7. The smallest absolute Gasteiger partial charge is 0.247 e. The Kier molecular flexibility index (Phi) is 10.7. The van der Waals surface area contributed by atoms with E-state index >= 15 is 0 Å². The second-order valence-corrected chi connectivity index (χ2v) is 9.43. The summed E-state index contributed by atoms with van der Waals surface area (Å²) < 4.78 is 123. The van der Waals surface area contributed by atoms with Gasteiger partial charge in [-0.05, 0) is 30.7 Å². The van der Waals surface area contributed by atoms with Crippen LogP contribution < -0.4 is 24.8 Å². The number of anilines is 3. The van der Waals surface area contributed by atoms with Crippen LogP contribution in [-0.4, -0.2) is 58.7 Å². The number of halogens is 6. The lowest BCUT2D eigenvalue weighted by molar-refractivity contribution is 0.146. The molecule has 0 unspecified atom stereocenters. The first-order valence-corrected chi connectivity index (χ1v) is 12.9. The largest absolute Gasteiger partial charge is 0.491 e. The van der Waals surface area contributed by atoms with Crippen LogP contribution >= 0.6 is 0 Å². The first-order chi connectivity index (χ1) is 19.1. The van der Waals surface area contributed by atoms with Crippen molar-refractivity contribution in [3.05, 3.63) is 59.5 Å². The van der Waals surface area contributed by atoms with Gasteiger partial charge in [0.05, 0.1) is 12.8 Å². The van der Waals surface area contributed by atoms with Crippen molar-refractivity contribution in [1.82, 2.24) is 14.7 Å². The first-order valence-electron chi connectivity index (χ1n) is 11.4. The van der Waals surface area contributed by atoms with Crippen molar-refractivity contribution in [1.29, 1.82) is 0 Å². The van der Waals surface area contributed by atoms with Crippen molar-refractivity contribution < 1.29 is 49.0 Å². The first kappa shape index (κ1) is 30.7. The zero-order chi connectivity index (χ0) is 29.3. The van der Waals surface area contributed by atoms with Crippen LogP contribution in [0.5, 0.6) is 11.5 Å². The summed E-state index contributed by atoms with van der Waals surface area (Å²) in [6.07, 6.45) is 0.832. The van der Waals surface area contributed by atoms with Gasteiger partial charge in [-0.15, -0.1) is 0 Å². The van der Waals surface area contributed by atoms with E-state index < -0.39 is 63.2 Å². The van der Waals surface area contributed by atoms with E-state index in [1.165, 1.54) is 0 Å². The number of rotatable bonds is 15. The van der Waals surface area contributed by atoms with Gasteiger partial charge >= 0.3 is 0 Å². The molecule has 3 N–H and O–H groups in total. The number of hydrogen-bond donors (Lipinski definition) is 3. The van der Waals surface area contributed by atoms with Gasteiger partial charge in [-0.1, -0.05) is 0 Å².